The molecule has 1 atom stereocenters. The molecular weight excluding hydrogens is 264 g/mol. The Labute approximate surface area is 126 Å². The summed E-state index contributed by atoms with van der Waals surface area (Å²) in [7, 11) is 0. The average molecular weight is 284 g/mol. The van der Waals surface area contributed by atoms with E-state index in [-0.39, 0.29) is 6.04 Å². The summed E-state index contributed by atoms with van der Waals surface area (Å²) in [4.78, 5) is 0. The molecule has 0 saturated heterocycles. The minimum atomic E-state index is 0.179. The van der Waals surface area contributed by atoms with Crippen LogP contribution < -0.4 is 10.6 Å². The maximum atomic E-state index is 5.35. The van der Waals surface area contributed by atoms with Crippen molar-refractivity contribution in [3.05, 3.63) is 65.2 Å². The fourth-order valence-electron chi connectivity index (χ4n) is 2.00. The predicted octanol–water partition coefficient (Wildman–Crippen LogP) is 4.35. The van der Waals surface area contributed by atoms with Crippen molar-refractivity contribution < 1.29 is 0 Å². The quantitative estimate of drug-likeness (QED) is 0.819. The zero-order valence-electron chi connectivity index (χ0n) is 12.1. The van der Waals surface area contributed by atoms with Crippen LogP contribution in [-0.2, 0) is 0 Å². The third-order valence-corrected chi connectivity index (χ3v) is 3.63. The van der Waals surface area contributed by atoms with Crippen LogP contribution in [0.2, 0.25) is 0 Å². The Morgan fingerprint density at radius 1 is 1.00 bits per heavy atom. The van der Waals surface area contributed by atoms with Crippen LogP contribution in [0.25, 0.3) is 0 Å². The van der Waals surface area contributed by atoms with Gasteiger partial charge in [-0.15, -0.1) is 0 Å². The average Bonchev–Trinajstić information content (AvgIpc) is 2.42. The van der Waals surface area contributed by atoms with Gasteiger partial charge in [-0.1, -0.05) is 36.4 Å². The van der Waals surface area contributed by atoms with E-state index in [2.05, 4.69) is 49.6 Å². The van der Waals surface area contributed by atoms with E-state index in [1.165, 1.54) is 16.7 Å². The first-order valence-corrected chi connectivity index (χ1v) is 7.17. The van der Waals surface area contributed by atoms with Crippen LogP contribution in [0, 0.1) is 13.8 Å². The van der Waals surface area contributed by atoms with E-state index in [1.54, 1.807) is 0 Å². The fraction of sp³-hybridized carbons (Fsp3) is 0.235. The lowest BCUT2D eigenvalue weighted by Crippen LogP contribution is -2.30. The molecule has 0 amide bonds. The molecule has 0 spiro atoms. The summed E-state index contributed by atoms with van der Waals surface area (Å²) in [5.74, 6) is 0. The maximum Gasteiger partial charge on any atom is 0.171 e. The standard InChI is InChI=1S/C17H20N2S/c1-12-9-10-15(11-13(12)2)14(3)18-17(20)19-16-7-5-4-6-8-16/h4-11,14H,1-3H3,(H2,18,19,20)/t14-/m0/s1. The van der Waals surface area contributed by atoms with Gasteiger partial charge in [-0.05, 0) is 61.8 Å². The summed E-state index contributed by atoms with van der Waals surface area (Å²) >= 11 is 5.35. The first kappa shape index (κ1) is 14.5. The molecular formula is C17H20N2S. The normalized spacial score (nSPS) is 11.8. The van der Waals surface area contributed by atoms with Crippen LogP contribution in [0.5, 0.6) is 0 Å². The molecule has 0 aliphatic heterocycles. The number of hydrogen-bond donors (Lipinski definition) is 2. The molecule has 0 bridgehead atoms. The molecule has 0 aliphatic rings. The van der Waals surface area contributed by atoms with Crippen molar-refractivity contribution in [3.63, 3.8) is 0 Å². The molecule has 0 radical (unpaired) electrons. The van der Waals surface area contributed by atoms with Crippen LogP contribution in [0.3, 0.4) is 0 Å². The Bertz CT molecular complexity index is 593. The van der Waals surface area contributed by atoms with Crippen molar-refractivity contribution in [1.29, 1.82) is 0 Å². The third kappa shape index (κ3) is 3.81. The van der Waals surface area contributed by atoms with Gasteiger partial charge in [-0.2, -0.15) is 0 Å². The highest BCUT2D eigenvalue weighted by atomic mass is 32.1. The first-order chi connectivity index (χ1) is 9.56. The molecule has 0 aliphatic carbocycles. The molecule has 0 fully saturated rings. The molecule has 2 aromatic carbocycles. The van der Waals surface area contributed by atoms with Gasteiger partial charge >= 0.3 is 0 Å². The fourth-order valence-corrected chi connectivity index (χ4v) is 2.30. The van der Waals surface area contributed by atoms with E-state index in [1.807, 2.05) is 30.3 Å². The van der Waals surface area contributed by atoms with E-state index in [0.717, 1.165) is 5.69 Å². The van der Waals surface area contributed by atoms with Gasteiger partial charge in [-0.3, -0.25) is 0 Å². The van der Waals surface area contributed by atoms with E-state index in [0.29, 0.717) is 5.11 Å². The molecule has 0 aromatic heterocycles. The minimum absolute atomic E-state index is 0.179. The highest BCUT2D eigenvalue weighted by Gasteiger charge is 2.08. The highest BCUT2D eigenvalue weighted by Crippen LogP contribution is 2.17. The number of hydrogen-bond acceptors (Lipinski definition) is 1. The number of aryl methyl sites for hydroxylation is 2. The van der Waals surface area contributed by atoms with Gasteiger partial charge in [-0.25, -0.2) is 0 Å². The lowest BCUT2D eigenvalue weighted by molar-refractivity contribution is 0.721. The van der Waals surface area contributed by atoms with Gasteiger partial charge in [0.1, 0.15) is 0 Å². The van der Waals surface area contributed by atoms with Crippen molar-refractivity contribution in [2.45, 2.75) is 26.8 Å². The van der Waals surface area contributed by atoms with Crippen molar-refractivity contribution >= 4 is 23.0 Å². The zero-order chi connectivity index (χ0) is 14.5. The highest BCUT2D eigenvalue weighted by molar-refractivity contribution is 7.80. The van der Waals surface area contributed by atoms with Gasteiger partial charge in [0.2, 0.25) is 0 Å². The van der Waals surface area contributed by atoms with Crippen LogP contribution in [0.15, 0.2) is 48.5 Å². The molecule has 0 saturated carbocycles. The van der Waals surface area contributed by atoms with Gasteiger partial charge in [0, 0.05) is 5.69 Å². The van der Waals surface area contributed by atoms with E-state index in [4.69, 9.17) is 12.2 Å². The number of para-hydroxylation sites is 1. The second kappa shape index (κ2) is 6.53. The first-order valence-electron chi connectivity index (χ1n) is 6.76. The Morgan fingerprint density at radius 2 is 1.70 bits per heavy atom. The number of benzene rings is 2. The lowest BCUT2D eigenvalue weighted by atomic mass is 10.0. The van der Waals surface area contributed by atoms with Gasteiger partial charge in [0.25, 0.3) is 0 Å². The predicted molar refractivity (Wildman–Crippen MR) is 90.1 cm³/mol. The van der Waals surface area contributed by atoms with Crippen molar-refractivity contribution in [3.8, 4) is 0 Å². The summed E-state index contributed by atoms with van der Waals surface area (Å²) in [6.07, 6.45) is 0. The Kier molecular flexibility index (Phi) is 4.74. The lowest BCUT2D eigenvalue weighted by Gasteiger charge is -2.18. The number of rotatable bonds is 3. The number of nitrogens with one attached hydrogen (secondary N) is 2. The van der Waals surface area contributed by atoms with Crippen molar-refractivity contribution in [2.75, 3.05) is 5.32 Å². The molecule has 0 heterocycles. The SMILES string of the molecule is Cc1ccc([C@H](C)NC(=S)Nc2ccccc2)cc1C. The molecule has 20 heavy (non-hydrogen) atoms. The third-order valence-electron chi connectivity index (χ3n) is 3.41. The van der Waals surface area contributed by atoms with Gasteiger partial charge in [0.05, 0.1) is 6.04 Å². The Hall–Kier alpha value is -1.87. The van der Waals surface area contributed by atoms with Crippen molar-refractivity contribution in [1.82, 2.24) is 5.32 Å². The molecule has 2 rings (SSSR count). The second-order valence-electron chi connectivity index (χ2n) is 5.03. The summed E-state index contributed by atoms with van der Waals surface area (Å²) < 4.78 is 0. The van der Waals surface area contributed by atoms with Crippen LogP contribution in [0.4, 0.5) is 5.69 Å². The minimum Gasteiger partial charge on any atom is -0.356 e. The topological polar surface area (TPSA) is 24.1 Å². The second-order valence-corrected chi connectivity index (χ2v) is 5.44. The molecule has 2 aromatic rings. The smallest absolute Gasteiger partial charge is 0.171 e. The molecule has 3 heteroatoms. The van der Waals surface area contributed by atoms with E-state index in [9.17, 15) is 0 Å². The Balaban J connectivity index is 1.98. The summed E-state index contributed by atoms with van der Waals surface area (Å²) in [6, 6.07) is 16.6. The van der Waals surface area contributed by atoms with Crippen LogP contribution in [0.1, 0.15) is 29.7 Å². The molecule has 2 nitrogen and oxygen atoms in total. The zero-order valence-corrected chi connectivity index (χ0v) is 12.9. The van der Waals surface area contributed by atoms with Crippen LogP contribution in [-0.4, -0.2) is 5.11 Å². The molecule has 104 valence electrons. The van der Waals surface area contributed by atoms with E-state index < -0.39 is 0 Å². The van der Waals surface area contributed by atoms with Crippen molar-refractivity contribution in [2.24, 2.45) is 0 Å². The summed E-state index contributed by atoms with van der Waals surface area (Å²) in [5.41, 5.74) is 4.85. The monoisotopic (exact) mass is 284 g/mol. The van der Waals surface area contributed by atoms with Gasteiger partial charge in [0.15, 0.2) is 5.11 Å². The molecule has 2 N–H and O–H groups in total. The van der Waals surface area contributed by atoms with Crippen LogP contribution >= 0.6 is 12.2 Å². The number of anilines is 1. The number of thiocarbonyl (C=S) groups is 1. The Morgan fingerprint density at radius 3 is 2.35 bits per heavy atom. The molecule has 0 unspecified atom stereocenters. The summed E-state index contributed by atoms with van der Waals surface area (Å²) in [5, 5.41) is 7.14. The largest absolute Gasteiger partial charge is 0.356 e. The van der Waals surface area contributed by atoms with Gasteiger partial charge < -0.3 is 10.6 Å². The van der Waals surface area contributed by atoms with E-state index >= 15 is 0 Å². The summed E-state index contributed by atoms with van der Waals surface area (Å²) in [6.45, 7) is 6.37. The maximum absolute atomic E-state index is 5.35.